The van der Waals surface area contributed by atoms with Crippen LogP contribution in [0.15, 0.2) is 5.38 Å². The smallest absolute Gasteiger partial charge is 0.0897 e. The second-order valence-electron chi connectivity index (χ2n) is 5.18. The van der Waals surface area contributed by atoms with Crippen molar-refractivity contribution in [2.24, 2.45) is 11.3 Å². The SMILES string of the molecule is CNCC(Cc1csc(C)n1)C(C)(C)C. The minimum Gasteiger partial charge on any atom is -0.319 e. The Bertz CT molecular complexity index is 299. The third-order valence-electron chi connectivity index (χ3n) is 2.80. The summed E-state index contributed by atoms with van der Waals surface area (Å²) in [6.45, 7) is 10.0. The van der Waals surface area contributed by atoms with Crippen molar-refractivity contribution in [2.45, 2.75) is 34.1 Å². The molecule has 0 aromatic carbocycles. The molecule has 0 spiro atoms. The maximum Gasteiger partial charge on any atom is 0.0897 e. The van der Waals surface area contributed by atoms with Crippen molar-refractivity contribution < 1.29 is 0 Å². The van der Waals surface area contributed by atoms with Gasteiger partial charge in [0.15, 0.2) is 0 Å². The van der Waals surface area contributed by atoms with E-state index in [2.05, 4.69) is 43.4 Å². The summed E-state index contributed by atoms with van der Waals surface area (Å²) in [5, 5.41) is 6.63. The molecule has 0 aliphatic carbocycles. The Balaban J connectivity index is 2.66. The zero-order valence-electron chi connectivity index (χ0n) is 10.4. The van der Waals surface area contributed by atoms with E-state index in [1.165, 1.54) is 10.7 Å². The Labute approximate surface area is 97.1 Å². The van der Waals surface area contributed by atoms with E-state index >= 15 is 0 Å². The van der Waals surface area contributed by atoms with Gasteiger partial charge < -0.3 is 5.32 Å². The number of nitrogens with one attached hydrogen (secondary N) is 1. The van der Waals surface area contributed by atoms with Crippen LogP contribution in [-0.4, -0.2) is 18.6 Å². The van der Waals surface area contributed by atoms with Crippen molar-refractivity contribution in [1.82, 2.24) is 10.3 Å². The molecule has 0 fully saturated rings. The Kier molecular flexibility index (Phi) is 4.29. The van der Waals surface area contributed by atoms with Gasteiger partial charge in [-0.25, -0.2) is 4.98 Å². The number of aromatic nitrogens is 1. The minimum absolute atomic E-state index is 0.334. The van der Waals surface area contributed by atoms with E-state index in [9.17, 15) is 0 Å². The predicted octanol–water partition coefficient (Wildman–Crippen LogP) is 2.88. The number of hydrogen-bond donors (Lipinski definition) is 1. The lowest BCUT2D eigenvalue weighted by Gasteiger charge is -2.30. The predicted molar refractivity (Wildman–Crippen MR) is 67.4 cm³/mol. The van der Waals surface area contributed by atoms with E-state index in [1.54, 1.807) is 11.3 Å². The van der Waals surface area contributed by atoms with Gasteiger partial charge in [-0.05, 0) is 38.3 Å². The van der Waals surface area contributed by atoms with E-state index in [1.807, 2.05) is 7.05 Å². The van der Waals surface area contributed by atoms with Gasteiger partial charge in [-0.1, -0.05) is 20.8 Å². The van der Waals surface area contributed by atoms with Crippen LogP contribution in [0, 0.1) is 18.3 Å². The van der Waals surface area contributed by atoms with E-state index < -0.39 is 0 Å². The average Bonchev–Trinajstić information content (AvgIpc) is 2.49. The van der Waals surface area contributed by atoms with Crippen LogP contribution in [0.5, 0.6) is 0 Å². The summed E-state index contributed by atoms with van der Waals surface area (Å²) in [5.74, 6) is 0.643. The zero-order valence-corrected chi connectivity index (χ0v) is 11.2. The van der Waals surface area contributed by atoms with Crippen molar-refractivity contribution in [3.8, 4) is 0 Å². The van der Waals surface area contributed by atoms with Crippen LogP contribution in [0.2, 0.25) is 0 Å². The number of rotatable bonds is 4. The van der Waals surface area contributed by atoms with Crippen LogP contribution in [-0.2, 0) is 6.42 Å². The zero-order chi connectivity index (χ0) is 11.5. The van der Waals surface area contributed by atoms with Gasteiger partial charge in [0.2, 0.25) is 0 Å². The fourth-order valence-corrected chi connectivity index (χ4v) is 2.31. The molecule has 0 aliphatic rings. The number of nitrogens with zero attached hydrogens (tertiary/aromatic N) is 1. The number of aryl methyl sites for hydroxylation is 1. The molecule has 86 valence electrons. The van der Waals surface area contributed by atoms with E-state index in [4.69, 9.17) is 0 Å². The summed E-state index contributed by atoms with van der Waals surface area (Å²) in [6.07, 6.45) is 1.08. The molecular formula is C12H22N2S. The van der Waals surface area contributed by atoms with Crippen molar-refractivity contribution in [3.63, 3.8) is 0 Å². The monoisotopic (exact) mass is 226 g/mol. The molecule has 0 saturated heterocycles. The molecule has 0 aliphatic heterocycles. The average molecular weight is 226 g/mol. The first-order valence-corrected chi connectivity index (χ1v) is 6.37. The molecule has 2 nitrogen and oxygen atoms in total. The summed E-state index contributed by atoms with van der Waals surface area (Å²) in [6, 6.07) is 0. The van der Waals surface area contributed by atoms with Gasteiger partial charge in [-0.2, -0.15) is 0 Å². The van der Waals surface area contributed by atoms with Gasteiger partial charge in [-0.15, -0.1) is 11.3 Å². The molecule has 1 heterocycles. The molecule has 15 heavy (non-hydrogen) atoms. The molecule has 1 rings (SSSR count). The fraction of sp³-hybridized carbons (Fsp3) is 0.750. The second-order valence-corrected chi connectivity index (χ2v) is 6.24. The highest BCUT2D eigenvalue weighted by Crippen LogP contribution is 2.28. The summed E-state index contributed by atoms with van der Waals surface area (Å²) < 4.78 is 0. The van der Waals surface area contributed by atoms with Crippen LogP contribution in [0.25, 0.3) is 0 Å². The molecule has 1 aromatic rings. The van der Waals surface area contributed by atoms with E-state index in [-0.39, 0.29) is 0 Å². The van der Waals surface area contributed by atoms with Gasteiger partial charge >= 0.3 is 0 Å². The quantitative estimate of drug-likeness (QED) is 0.854. The topological polar surface area (TPSA) is 24.9 Å². The highest BCUT2D eigenvalue weighted by atomic mass is 32.1. The standard InChI is InChI=1S/C12H22N2S/c1-9-14-11(8-15-9)6-10(7-13-5)12(2,3)4/h8,10,13H,6-7H2,1-5H3. The van der Waals surface area contributed by atoms with E-state index in [0.29, 0.717) is 11.3 Å². The highest BCUT2D eigenvalue weighted by Gasteiger charge is 2.24. The van der Waals surface area contributed by atoms with E-state index in [0.717, 1.165) is 13.0 Å². The first-order valence-electron chi connectivity index (χ1n) is 5.49. The van der Waals surface area contributed by atoms with Crippen LogP contribution in [0.1, 0.15) is 31.5 Å². The van der Waals surface area contributed by atoms with Gasteiger partial charge in [0.1, 0.15) is 0 Å². The van der Waals surface area contributed by atoms with Crippen molar-refractivity contribution >= 4 is 11.3 Å². The summed E-state index contributed by atoms with van der Waals surface area (Å²) in [4.78, 5) is 4.54. The molecule has 0 bridgehead atoms. The summed E-state index contributed by atoms with van der Waals surface area (Å²) in [7, 11) is 2.02. The molecule has 0 amide bonds. The summed E-state index contributed by atoms with van der Waals surface area (Å²) >= 11 is 1.74. The molecule has 0 radical (unpaired) electrons. The summed E-state index contributed by atoms with van der Waals surface area (Å²) in [5.41, 5.74) is 1.58. The first-order chi connectivity index (χ1) is 6.93. The van der Waals surface area contributed by atoms with Gasteiger partial charge in [0.05, 0.1) is 10.7 Å². The normalized spacial score (nSPS) is 14.2. The number of thiazole rings is 1. The Morgan fingerprint density at radius 3 is 2.53 bits per heavy atom. The molecule has 3 heteroatoms. The lowest BCUT2D eigenvalue weighted by molar-refractivity contribution is 0.233. The second kappa shape index (κ2) is 5.08. The molecule has 1 atom stereocenters. The Morgan fingerprint density at radius 2 is 2.13 bits per heavy atom. The third-order valence-corrected chi connectivity index (χ3v) is 3.62. The Morgan fingerprint density at radius 1 is 1.47 bits per heavy atom. The van der Waals surface area contributed by atoms with Crippen molar-refractivity contribution in [2.75, 3.05) is 13.6 Å². The van der Waals surface area contributed by atoms with Crippen LogP contribution >= 0.6 is 11.3 Å². The third kappa shape index (κ3) is 3.92. The molecule has 0 saturated carbocycles. The fourth-order valence-electron chi connectivity index (χ4n) is 1.69. The Hall–Kier alpha value is -0.410. The molecule has 1 N–H and O–H groups in total. The lowest BCUT2D eigenvalue weighted by atomic mass is 9.78. The maximum atomic E-state index is 4.54. The minimum atomic E-state index is 0.334. The lowest BCUT2D eigenvalue weighted by Crippen LogP contribution is -2.31. The number of hydrogen-bond acceptors (Lipinski definition) is 3. The molecule has 1 aromatic heterocycles. The molecule has 1 unspecified atom stereocenters. The van der Waals surface area contributed by atoms with Gasteiger partial charge in [0, 0.05) is 5.38 Å². The van der Waals surface area contributed by atoms with Crippen LogP contribution in [0.4, 0.5) is 0 Å². The van der Waals surface area contributed by atoms with Gasteiger partial charge in [0.25, 0.3) is 0 Å². The maximum absolute atomic E-state index is 4.54. The van der Waals surface area contributed by atoms with Crippen LogP contribution in [0.3, 0.4) is 0 Å². The van der Waals surface area contributed by atoms with Crippen LogP contribution < -0.4 is 5.32 Å². The highest BCUT2D eigenvalue weighted by molar-refractivity contribution is 7.09. The largest absolute Gasteiger partial charge is 0.319 e. The van der Waals surface area contributed by atoms with Crippen molar-refractivity contribution in [3.05, 3.63) is 16.1 Å². The first kappa shape index (κ1) is 12.7. The van der Waals surface area contributed by atoms with Crippen molar-refractivity contribution in [1.29, 1.82) is 0 Å². The van der Waals surface area contributed by atoms with Gasteiger partial charge in [-0.3, -0.25) is 0 Å². The molecular weight excluding hydrogens is 204 g/mol.